The van der Waals surface area contributed by atoms with E-state index in [1.165, 1.54) is 11.3 Å². The van der Waals surface area contributed by atoms with Crippen molar-refractivity contribution in [3.63, 3.8) is 0 Å². The molecule has 6 nitrogen and oxygen atoms in total. The van der Waals surface area contributed by atoms with Gasteiger partial charge in [0, 0.05) is 17.2 Å². The van der Waals surface area contributed by atoms with Gasteiger partial charge in [0.15, 0.2) is 4.80 Å². The van der Waals surface area contributed by atoms with Crippen molar-refractivity contribution in [2.24, 2.45) is 4.99 Å². The topological polar surface area (TPSA) is 73.8 Å². The number of rotatable bonds is 6. The van der Waals surface area contributed by atoms with E-state index in [9.17, 15) is 9.59 Å². The van der Waals surface area contributed by atoms with E-state index in [1.54, 1.807) is 41.8 Å². The van der Waals surface area contributed by atoms with Crippen LogP contribution in [0, 0.1) is 0 Å². The maximum Gasteiger partial charge on any atom is 0.338 e. The predicted molar refractivity (Wildman–Crippen MR) is 162 cm³/mol. The number of carbonyl (C=O) groups excluding carboxylic acids is 1. The number of esters is 1. The Labute approximate surface area is 249 Å². The van der Waals surface area contributed by atoms with Gasteiger partial charge in [-0.1, -0.05) is 101 Å². The van der Waals surface area contributed by atoms with Gasteiger partial charge in [0.1, 0.15) is 11.5 Å². The van der Waals surface area contributed by atoms with Crippen LogP contribution in [0.5, 0.6) is 0 Å². The van der Waals surface area contributed by atoms with E-state index in [0.717, 1.165) is 11.1 Å². The van der Waals surface area contributed by atoms with Gasteiger partial charge in [0.25, 0.3) is 5.56 Å². The predicted octanol–water partition coefficient (Wildman–Crippen LogP) is 6.50. The molecule has 1 aliphatic rings. The summed E-state index contributed by atoms with van der Waals surface area (Å²) in [5.74, 6) is 0.465. The van der Waals surface area contributed by atoms with Crippen molar-refractivity contribution in [1.29, 1.82) is 0 Å². The van der Waals surface area contributed by atoms with E-state index < -0.39 is 12.0 Å². The van der Waals surface area contributed by atoms with Gasteiger partial charge in [-0.15, -0.1) is 0 Å². The normalized spacial score (nSPS) is 15.0. The quantitative estimate of drug-likeness (QED) is 0.208. The number of thiazole rings is 1. The fraction of sp³-hybridized carbons (Fsp3) is 0.0938. The molecule has 1 atom stereocenters. The molecule has 2 aromatic heterocycles. The van der Waals surface area contributed by atoms with Gasteiger partial charge in [0.2, 0.25) is 0 Å². The molecule has 0 spiro atoms. The van der Waals surface area contributed by atoms with Crippen LogP contribution in [0.4, 0.5) is 0 Å². The highest BCUT2D eigenvalue weighted by Gasteiger charge is 2.35. The summed E-state index contributed by atoms with van der Waals surface area (Å²) in [6.45, 7) is 1.94. The smallest absolute Gasteiger partial charge is 0.338 e. The minimum absolute atomic E-state index is 0.188. The van der Waals surface area contributed by atoms with Crippen molar-refractivity contribution in [2.75, 3.05) is 6.61 Å². The Morgan fingerprint density at radius 2 is 1.73 bits per heavy atom. The van der Waals surface area contributed by atoms with Crippen molar-refractivity contribution in [3.05, 3.63) is 143 Å². The molecular formula is C32H22Cl2N2O4S. The van der Waals surface area contributed by atoms with E-state index in [4.69, 9.17) is 37.3 Å². The number of hydrogen-bond donors (Lipinski definition) is 0. The Morgan fingerprint density at radius 3 is 2.46 bits per heavy atom. The number of benzene rings is 3. The van der Waals surface area contributed by atoms with Crippen LogP contribution in [0.15, 0.2) is 111 Å². The SMILES string of the molecule is CCOC(=O)C1=C(c2ccccc2)N=c2s/c(=C\c3ccc(-c4cccc(Cl)c4Cl)o3)c(=O)n2[C@H]1c1ccccc1. The number of ether oxygens (including phenoxy) is 1. The lowest BCUT2D eigenvalue weighted by atomic mass is 9.93. The molecule has 0 unspecified atom stereocenters. The molecule has 3 heterocycles. The van der Waals surface area contributed by atoms with Crippen LogP contribution in [0.25, 0.3) is 23.1 Å². The van der Waals surface area contributed by atoms with E-state index in [2.05, 4.69) is 0 Å². The standard InChI is InChI=1S/C32H22Cl2N2O4S/c1-2-39-31(38)26-28(19-10-5-3-6-11-19)35-32-36(29(26)20-12-7-4-8-13-20)30(37)25(41-32)18-21-16-17-24(40-21)22-14-9-15-23(33)27(22)34/h3-18,29H,2H2,1H3/b25-18-/t29-/m0/s1. The molecular weight excluding hydrogens is 579 g/mol. The van der Waals surface area contributed by atoms with Crippen LogP contribution in [0.2, 0.25) is 10.0 Å². The third kappa shape index (κ3) is 5.08. The number of hydrogen-bond acceptors (Lipinski definition) is 6. The molecule has 0 N–H and O–H groups in total. The molecule has 204 valence electrons. The second kappa shape index (κ2) is 11.4. The zero-order valence-corrected chi connectivity index (χ0v) is 24.0. The number of furan rings is 1. The summed E-state index contributed by atoms with van der Waals surface area (Å²) in [5.41, 5.74) is 2.65. The summed E-state index contributed by atoms with van der Waals surface area (Å²) in [4.78, 5) is 32.8. The van der Waals surface area contributed by atoms with Gasteiger partial charge >= 0.3 is 5.97 Å². The summed E-state index contributed by atoms with van der Waals surface area (Å²) in [6.07, 6.45) is 1.67. The van der Waals surface area contributed by atoms with Crippen LogP contribution < -0.4 is 14.9 Å². The average Bonchev–Trinajstić information content (AvgIpc) is 3.58. The van der Waals surface area contributed by atoms with E-state index in [1.807, 2.05) is 66.7 Å². The van der Waals surface area contributed by atoms with Gasteiger partial charge in [-0.05, 0) is 36.8 Å². The summed E-state index contributed by atoms with van der Waals surface area (Å²) in [5, 5.41) is 0.806. The lowest BCUT2D eigenvalue weighted by Crippen LogP contribution is -2.39. The largest absolute Gasteiger partial charge is 0.463 e. The van der Waals surface area contributed by atoms with Gasteiger partial charge in [-0.25, -0.2) is 9.79 Å². The highest BCUT2D eigenvalue weighted by Crippen LogP contribution is 2.36. The van der Waals surface area contributed by atoms with Gasteiger partial charge in [-0.2, -0.15) is 0 Å². The van der Waals surface area contributed by atoms with Crippen LogP contribution in [-0.4, -0.2) is 17.1 Å². The second-order valence-corrected chi connectivity index (χ2v) is 10.9. The minimum atomic E-state index is -0.735. The number of fused-ring (bicyclic) bond motifs is 1. The molecule has 5 aromatic rings. The Bertz CT molecular complexity index is 1980. The van der Waals surface area contributed by atoms with Crippen LogP contribution in [0.1, 0.15) is 29.9 Å². The molecule has 1 aliphatic heterocycles. The average molecular weight is 602 g/mol. The van der Waals surface area contributed by atoms with Crippen molar-refractivity contribution < 1.29 is 13.9 Å². The first-order chi connectivity index (χ1) is 20.0. The van der Waals surface area contributed by atoms with E-state index >= 15 is 0 Å². The number of nitrogens with zero attached hydrogens (tertiary/aromatic N) is 2. The zero-order valence-electron chi connectivity index (χ0n) is 21.7. The molecule has 0 fully saturated rings. The van der Waals surface area contributed by atoms with Gasteiger partial charge in [-0.3, -0.25) is 9.36 Å². The lowest BCUT2D eigenvalue weighted by Gasteiger charge is -2.25. The number of halogens is 2. The van der Waals surface area contributed by atoms with Crippen LogP contribution >= 0.6 is 34.5 Å². The Hall–Kier alpha value is -4.17. The summed E-state index contributed by atoms with van der Waals surface area (Å²) in [6, 6.07) is 27.0. The van der Waals surface area contributed by atoms with Crippen molar-refractivity contribution >= 4 is 52.3 Å². The van der Waals surface area contributed by atoms with Crippen LogP contribution in [0.3, 0.4) is 0 Å². The molecule has 0 saturated heterocycles. The Balaban J connectivity index is 1.56. The lowest BCUT2D eigenvalue weighted by molar-refractivity contribution is -0.138. The highest BCUT2D eigenvalue weighted by atomic mass is 35.5. The van der Waals surface area contributed by atoms with Gasteiger partial charge < -0.3 is 9.15 Å². The fourth-order valence-corrected chi connectivity index (χ4v) is 6.16. The number of aromatic nitrogens is 1. The minimum Gasteiger partial charge on any atom is -0.463 e. The molecule has 6 rings (SSSR count). The van der Waals surface area contributed by atoms with Crippen molar-refractivity contribution in [1.82, 2.24) is 4.57 Å². The Kier molecular flexibility index (Phi) is 7.49. The monoisotopic (exact) mass is 600 g/mol. The maximum atomic E-state index is 14.0. The molecule has 0 saturated carbocycles. The summed E-state index contributed by atoms with van der Waals surface area (Å²) < 4.78 is 13.5. The highest BCUT2D eigenvalue weighted by molar-refractivity contribution is 7.07. The maximum absolute atomic E-state index is 14.0. The third-order valence-corrected chi connectivity index (χ3v) is 8.41. The molecule has 0 aliphatic carbocycles. The molecule has 0 amide bonds. The van der Waals surface area contributed by atoms with Crippen LogP contribution in [-0.2, 0) is 9.53 Å². The first kappa shape index (κ1) is 27.0. The molecule has 0 radical (unpaired) electrons. The van der Waals surface area contributed by atoms with E-state index in [0.29, 0.717) is 47.7 Å². The van der Waals surface area contributed by atoms with E-state index in [-0.39, 0.29) is 12.2 Å². The molecule has 9 heteroatoms. The first-order valence-corrected chi connectivity index (χ1v) is 14.4. The van der Waals surface area contributed by atoms with Gasteiger partial charge in [0.05, 0.1) is 38.5 Å². The fourth-order valence-electron chi connectivity index (χ4n) is 4.79. The summed E-state index contributed by atoms with van der Waals surface area (Å²) >= 11 is 13.8. The van der Waals surface area contributed by atoms with Crippen molar-refractivity contribution in [3.8, 4) is 11.3 Å². The molecule has 3 aromatic carbocycles. The molecule has 0 bridgehead atoms. The van der Waals surface area contributed by atoms with Crippen molar-refractivity contribution in [2.45, 2.75) is 13.0 Å². The second-order valence-electron chi connectivity index (χ2n) is 9.15. The zero-order chi connectivity index (χ0) is 28.5. The first-order valence-electron chi connectivity index (χ1n) is 12.8. The molecule has 41 heavy (non-hydrogen) atoms. The summed E-state index contributed by atoms with van der Waals surface area (Å²) in [7, 11) is 0. The third-order valence-electron chi connectivity index (χ3n) is 6.61. The number of carbonyl (C=O) groups is 1. The Morgan fingerprint density at radius 1 is 1.00 bits per heavy atom.